The molecule has 1 fully saturated rings. The molecule has 1 atom stereocenters. The van der Waals surface area contributed by atoms with Crippen molar-refractivity contribution in [3.63, 3.8) is 0 Å². The summed E-state index contributed by atoms with van der Waals surface area (Å²) in [6.45, 7) is 6.23. The lowest BCUT2D eigenvalue weighted by Crippen LogP contribution is -2.23. The van der Waals surface area contributed by atoms with Gasteiger partial charge in [0.1, 0.15) is 6.10 Å². The van der Waals surface area contributed by atoms with Crippen LogP contribution < -0.4 is 10.1 Å². The minimum absolute atomic E-state index is 0.115. The van der Waals surface area contributed by atoms with E-state index in [9.17, 15) is 0 Å². The molecule has 18 heavy (non-hydrogen) atoms. The van der Waals surface area contributed by atoms with Crippen LogP contribution in [0.25, 0.3) is 0 Å². The van der Waals surface area contributed by atoms with Crippen LogP contribution in [0.1, 0.15) is 26.0 Å². The van der Waals surface area contributed by atoms with Crippen LogP contribution in [0.2, 0.25) is 5.02 Å². The van der Waals surface area contributed by atoms with Crippen LogP contribution in [0.4, 0.5) is 0 Å². The van der Waals surface area contributed by atoms with Crippen molar-refractivity contribution in [2.45, 2.75) is 39.0 Å². The monoisotopic (exact) mass is 270 g/mol. The first-order chi connectivity index (χ1) is 8.65. The molecule has 0 aromatic carbocycles. The molecule has 1 aromatic heterocycles. The fraction of sp³-hybridized carbons (Fsp3) is 0.615. The summed E-state index contributed by atoms with van der Waals surface area (Å²) in [4.78, 5) is 4.44. The first-order valence-electron chi connectivity index (χ1n) is 6.28. The van der Waals surface area contributed by atoms with Crippen LogP contribution in [-0.2, 0) is 11.3 Å². The summed E-state index contributed by atoms with van der Waals surface area (Å²) in [6.07, 6.45) is 1.04. The average Bonchev–Trinajstić information content (AvgIpc) is 2.82. The first-order valence-corrected chi connectivity index (χ1v) is 6.66. The number of aromatic nitrogens is 1. The molecule has 0 bridgehead atoms. The van der Waals surface area contributed by atoms with E-state index in [1.54, 1.807) is 6.07 Å². The predicted octanol–water partition coefficient (Wildman–Crippen LogP) is 2.40. The number of ether oxygens (including phenoxy) is 2. The van der Waals surface area contributed by atoms with Crippen LogP contribution in [0, 0.1) is 0 Å². The Bertz CT molecular complexity index is 393. The first kappa shape index (κ1) is 13.6. The van der Waals surface area contributed by atoms with Gasteiger partial charge in [-0.05, 0) is 6.07 Å². The zero-order valence-corrected chi connectivity index (χ0v) is 11.5. The molecular formula is C13H19ClN2O2. The summed E-state index contributed by atoms with van der Waals surface area (Å²) in [7, 11) is 0. The van der Waals surface area contributed by atoms with Gasteiger partial charge >= 0.3 is 0 Å². The maximum Gasteiger partial charge on any atom is 0.213 e. The number of hydrogen-bond acceptors (Lipinski definition) is 4. The smallest absolute Gasteiger partial charge is 0.213 e. The average molecular weight is 271 g/mol. The molecule has 1 aliphatic rings. The molecule has 0 spiro atoms. The van der Waals surface area contributed by atoms with Crippen LogP contribution in [0.15, 0.2) is 12.1 Å². The van der Waals surface area contributed by atoms with Gasteiger partial charge in [-0.1, -0.05) is 25.4 Å². The van der Waals surface area contributed by atoms with E-state index in [2.05, 4.69) is 24.1 Å². The lowest BCUT2D eigenvalue weighted by atomic mass is 10.3. The van der Waals surface area contributed by atoms with Crippen molar-refractivity contribution in [1.29, 1.82) is 0 Å². The quantitative estimate of drug-likeness (QED) is 0.892. The fourth-order valence-electron chi connectivity index (χ4n) is 1.73. The van der Waals surface area contributed by atoms with Gasteiger partial charge in [0.05, 0.1) is 23.9 Å². The van der Waals surface area contributed by atoms with Crippen molar-refractivity contribution in [3.8, 4) is 5.88 Å². The second-order valence-corrected chi connectivity index (χ2v) is 5.12. The summed E-state index contributed by atoms with van der Waals surface area (Å²) in [5.74, 6) is 0.621. The molecule has 2 rings (SSSR count). The molecule has 5 heteroatoms. The summed E-state index contributed by atoms with van der Waals surface area (Å²) in [6, 6.07) is 4.03. The van der Waals surface area contributed by atoms with Crippen LogP contribution in [0.5, 0.6) is 5.88 Å². The molecule has 100 valence electrons. The topological polar surface area (TPSA) is 43.4 Å². The number of hydrogen-bond donors (Lipinski definition) is 1. The highest BCUT2D eigenvalue weighted by Gasteiger charge is 2.18. The molecule has 1 saturated heterocycles. The van der Waals surface area contributed by atoms with Gasteiger partial charge in [-0.2, -0.15) is 0 Å². The maximum absolute atomic E-state index is 6.11. The van der Waals surface area contributed by atoms with Gasteiger partial charge in [-0.15, -0.1) is 0 Å². The van der Waals surface area contributed by atoms with E-state index in [1.807, 2.05) is 6.07 Å². The van der Waals surface area contributed by atoms with Crippen LogP contribution in [-0.4, -0.2) is 30.3 Å². The number of halogens is 1. The molecule has 1 aliphatic heterocycles. The van der Waals surface area contributed by atoms with Crippen molar-refractivity contribution in [2.75, 3.05) is 13.2 Å². The Morgan fingerprint density at radius 3 is 3.06 bits per heavy atom. The maximum atomic E-state index is 6.11. The highest BCUT2D eigenvalue weighted by Crippen LogP contribution is 2.20. The Balaban J connectivity index is 2.00. The van der Waals surface area contributed by atoms with Gasteiger partial charge < -0.3 is 14.8 Å². The standard InChI is InChI=1S/C13H19ClN2O2/c1-9(2)15-7-12-11(14)3-4-13(16-12)18-10-5-6-17-8-10/h3-4,9-10,15H,5-8H2,1-2H3. The van der Waals surface area contributed by atoms with E-state index in [-0.39, 0.29) is 6.10 Å². The van der Waals surface area contributed by atoms with Crippen molar-refractivity contribution in [1.82, 2.24) is 10.3 Å². The van der Waals surface area contributed by atoms with E-state index in [1.165, 1.54) is 0 Å². The van der Waals surface area contributed by atoms with E-state index in [0.29, 0.717) is 30.1 Å². The molecule has 0 saturated carbocycles. The molecule has 2 heterocycles. The predicted molar refractivity (Wildman–Crippen MR) is 71.1 cm³/mol. The van der Waals surface area contributed by atoms with Gasteiger partial charge in [-0.3, -0.25) is 0 Å². The summed E-state index contributed by atoms with van der Waals surface area (Å²) in [5.41, 5.74) is 0.821. The Morgan fingerprint density at radius 1 is 1.56 bits per heavy atom. The molecular weight excluding hydrogens is 252 g/mol. The third kappa shape index (κ3) is 3.83. The van der Waals surface area contributed by atoms with Gasteiger partial charge in [-0.25, -0.2) is 4.98 Å². The molecule has 1 unspecified atom stereocenters. The third-order valence-corrected chi connectivity index (χ3v) is 3.09. The van der Waals surface area contributed by atoms with Crippen LogP contribution in [0.3, 0.4) is 0 Å². The zero-order chi connectivity index (χ0) is 13.0. The molecule has 0 amide bonds. The van der Waals surface area contributed by atoms with Crippen molar-refractivity contribution < 1.29 is 9.47 Å². The molecule has 1 N–H and O–H groups in total. The summed E-state index contributed by atoms with van der Waals surface area (Å²) >= 11 is 6.11. The van der Waals surface area contributed by atoms with E-state index in [4.69, 9.17) is 21.1 Å². The Kier molecular flexibility index (Phi) is 4.80. The second kappa shape index (κ2) is 6.36. The zero-order valence-electron chi connectivity index (χ0n) is 10.8. The largest absolute Gasteiger partial charge is 0.472 e. The molecule has 0 aliphatic carbocycles. The van der Waals surface area contributed by atoms with Crippen molar-refractivity contribution in [2.24, 2.45) is 0 Å². The molecule has 4 nitrogen and oxygen atoms in total. The lowest BCUT2D eigenvalue weighted by Gasteiger charge is -2.13. The fourth-order valence-corrected chi connectivity index (χ4v) is 1.90. The summed E-state index contributed by atoms with van der Waals surface area (Å²) < 4.78 is 11.0. The number of rotatable bonds is 5. The lowest BCUT2D eigenvalue weighted by molar-refractivity contribution is 0.138. The Morgan fingerprint density at radius 2 is 2.39 bits per heavy atom. The number of pyridine rings is 1. The minimum Gasteiger partial charge on any atom is -0.472 e. The van der Waals surface area contributed by atoms with E-state index < -0.39 is 0 Å². The van der Waals surface area contributed by atoms with Gasteiger partial charge in [0, 0.05) is 25.1 Å². The van der Waals surface area contributed by atoms with Crippen molar-refractivity contribution >= 4 is 11.6 Å². The minimum atomic E-state index is 0.115. The Labute approximate surface area is 113 Å². The number of nitrogens with one attached hydrogen (secondary N) is 1. The van der Waals surface area contributed by atoms with Gasteiger partial charge in [0.15, 0.2) is 0 Å². The van der Waals surface area contributed by atoms with E-state index in [0.717, 1.165) is 18.7 Å². The molecule has 0 radical (unpaired) electrons. The third-order valence-electron chi connectivity index (χ3n) is 2.75. The molecule has 1 aromatic rings. The van der Waals surface area contributed by atoms with E-state index >= 15 is 0 Å². The SMILES string of the molecule is CC(C)NCc1nc(OC2CCOC2)ccc1Cl. The van der Waals surface area contributed by atoms with Gasteiger partial charge in [0.25, 0.3) is 0 Å². The summed E-state index contributed by atoms with van der Waals surface area (Å²) in [5, 5.41) is 3.96. The normalized spacial score (nSPS) is 19.4. The Hall–Kier alpha value is -0.840. The highest BCUT2D eigenvalue weighted by molar-refractivity contribution is 6.31. The number of nitrogens with zero attached hydrogens (tertiary/aromatic N) is 1. The highest BCUT2D eigenvalue weighted by atomic mass is 35.5. The van der Waals surface area contributed by atoms with Crippen molar-refractivity contribution in [3.05, 3.63) is 22.8 Å². The second-order valence-electron chi connectivity index (χ2n) is 4.72. The van der Waals surface area contributed by atoms with Crippen LogP contribution >= 0.6 is 11.6 Å². The van der Waals surface area contributed by atoms with Gasteiger partial charge in [0.2, 0.25) is 5.88 Å².